The predicted octanol–water partition coefficient (Wildman–Crippen LogP) is 6.79. The molecule has 1 N–H and O–H groups in total. The molecule has 0 saturated carbocycles. The van der Waals surface area contributed by atoms with Crippen molar-refractivity contribution in [1.82, 2.24) is 14.7 Å². The molecule has 324 valence electrons. The summed E-state index contributed by atoms with van der Waals surface area (Å²) >= 11 is 0. The van der Waals surface area contributed by atoms with Crippen molar-refractivity contribution < 1.29 is 38.6 Å². The van der Waals surface area contributed by atoms with Crippen molar-refractivity contribution in [3.63, 3.8) is 0 Å². The van der Waals surface area contributed by atoms with Gasteiger partial charge in [0.2, 0.25) is 11.8 Å². The molecule has 10 atom stereocenters. The average molecular weight is 800 g/mol. The lowest BCUT2D eigenvalue weighted by Gasteiger charge is -2.41. The van der Waals surface area contributed by atoms with Crippen molar-refractivity contribution in [1.29, 1.82) is 0 Å². The molecular formula is C46H77N3O8. The van der Waals surface area contributed by atoms with E-state index in [1.54, 1.807) is 33.1 Å². The fraction of sp³-hybridized carbons (Fsp3) is 0.761. The normalized spacial score (nSPS) is 19.5. The van der Waals surface area contributed by atoms with Gasteiger partial charge in [-0.1, -0.05) is 92.1 Å². The standard InChI is InChI=1S/C46H77N3O8/c1-14-31(6)43(48(11)46(55)36(29(2)3)27-39(52)42(30(4)5)47(10)24-18-20-33(8)50)40(56-12)28-41(53)49-25-19-23-37(49)45(57-13)34(9)38(51)26-32(7)44(54)35-21-16-15-17-22-35/h15-17,21-22,29-32,34,36-37,40,42-45,54H,14,18-20,23-28H2,1-13H3/t31-,32-,34-,36-,37-,40+,42-,43-,44+,45+/m0/s1. The number of rotatable bonds is 26. The highest BCUT2D eigenvalue weighted by Crippen LogP contribution is 2.33. The third-order valence-corrected chi connectivity index (χ3v) is 12.6. The minimum absolute atomic E-state index is 0.0108. The molecule has 0 aromatic heterocycles. The second-order valence-corrected chi connectivity index (χ2v) is 17.6. The summed E-state index contributed by atoms with van der Waals surface area (Å²) in [4.78, 5) is 73.5. The number of carbonyl (C=O) groups is 5. The van der Waals surface area contributed by atoms with Gasteiger partial charge in [0.05, 0.1) is 42.9 Å². The van der Waals surface area contributed by atoms with Gasteiger partial charge in [0.25, 0.3) is 0 Å². The molecule has 0 radical (unpaired) electrons. The molecule has 0 bridgehead atoms. The molecule has 2 rings (SSSR count). The van der Waals surface area contributed by atoms with Gasteiger partial charge in [-0.25, -0.2) is 0 Å². The molecule has 1 heterocycles. The lowest BCUT2D eigenvalue weighted by molar-refractivity contribution is -0.149. The number of methoxy groups -OCH3 is 2. The van der Waals surface area contributed by atoms with Crippen LogP contribution < -0.4 is 0 Å². The van der Waals surface area contributed by atoms with Crippen LogP contribution in [0.15, 0.2) is 30.3 Å². The minimum Gasteiger partial charge on any atom is -0.388 e. The molecule has 1 aliphatic rings. The van der Waals surface area contributed by atoms with E-state index in [9.17, 15) is 29.1 Å². The average Bonchev–Trinajstić information content (AvgIpc) is 3.65. The van der Waals surface area contributed by atoms with Gasteiger partial charge in [0, 0.05) is 58.9 Å². The Labute approximate surface area is 344 Å². The zero-order valence-electron chi connectivity index (χ0n) is 37.5. The van der Waals surface area contributed by atoms with Gasteiger partial charge in [-0.15, -0.1) is 0 Å². The molecule has 0 spiro atoms. The van der Waals surface area contributed by atoms with E-state index in [1.807, 2.05) is 88.7 Å². The van der Waals surface area contributed by atoms with Gasteiger partial charge < -0.3 is 29.2 Å². The van der Waals surface area contributed by atoms with Crippen LogP contribution in [0.4, 0.5) is 0 Å². The number of hydrogen-bond donors (Lipinski definition) is 1. The van der Waals surface area contributed by atoms with Crippen LogP contribution in [-0.2, 0) is 33.4 Å². The Morgan fingerprint density at radius 2 is 1.49 bits per heavy atom. The lowest BCUT2D eigenvalue weighted by Crippen LogP contribution is -2.54. The number of aliphatic hydroxyl groups excluding tert-OH is 1. The number of nitrogens with zero attached hydrogens (tertiary/aromatic N) is 3. The van der Waals surface area contributed by atoms with Gasteiger partial charge in [0.1, 0.15) is 11.6 Å². The smallest absolute Gasteiger partial charge is 0.226 e. The molecular weight excluding hydrogens is 723 g/mol. The maximum absolute atomic E-state index is 14.5. The highest BCUT2D eigenvalue weighted by Gasteiger charge is 2.43. The quantitative estimate of drug-likeness (QED) is 0.108. The first-order valence-corrected chi connectivity index (χ1v) is 21.4. The van der Waals surface area contributed by atoms with E-state index < -0.39 is 36.2 Å². The molecule has 1 fully saturated rings. The van der Waals surface area contributed by atoms with Crippen molar-refractivity contribution >= 4 is 29.2 Å². The summed E-state index contributed by atoms with van der Waals surface area (Å²) in [5.41, 5.74) is 0.770. The monoisotopic (exact) mass is 800 g/mol. The SMILES string of the molecule is CC[C@H](C)[C@@H]([C@@H](CC(=O)N1CCC[C@H]1[C@H](OC)[C@@H](C)C(=O)C[C@H](C)[C@@H](O)c1ccccc1)OC)N(C)C(=O)[C@@H](CC(=O)[C@H](C(C)C)N(C)CCCC(C)=O)C(C)C. The highest BCUT2D eigenvalue weighted by atomic mass is 16.5. The third kappa shape index (κ3) is 14.1. The predicted molar refractivity (Wildman–Crippen MR) is 225 cm³/mol. The van der Waals surface area contributed by atoms with Crippen LogP contribution in [-0.4, -0.2) is 121 Å². The van der Waals surface area contributed by atoms with Crippen molar-refractivity contribution in [2.45, 2.75) is 150 Å². The first-order valence-electron chi connectivity index (χ1n) is 21.4. The largest absolute Gasteiger partial charge is 0.388 e. The van der Waals surface area contributed by atoms with Crippen LogP contribution in [0.5, 0.6) is 0 Å². The Hall–Kier alpha value is -2.99. The maximum atomic E-state index is 14.5. The lowest BCUT2D eigenvalue weighted by atomic mass is 9.83. The highest BCUT2D eigenvalue weighted by molar-refractivity contribution is 5.90. The number of likely N-dealkylation sites (tertiary alicyclic amines) is 1. The van der Waals surface area contributed by atoms with E-state index >= 15 is 0 Å². The fourth-order valence-corrected chi connectivity index (χ4v) is 8.98. The van der Waals surface area contributed by atoms with Gasteiger partial charge in [-0.05, 0) is 69.0 Å². The fourth-order valence-electron chi connectivity index (χ4n) is 8.98. The summed E-state index contributed by atoms with van der Waals surface area (Å²) in [6, 6.07) is 8.23. The molecule has 57 heavy (non-hydrogen) atoms. The molecule has 1 aliphatic heterocycles. The van der Waals surface area contributed by atoms with E-state index in [2.05, 4.69) is 13.8 Å². The Morgan fingerprint density at radius 1 is 0.860 bits per heavy atom. The van der Waals surface area contributed by atoms with Crippen LogP contribution in [0.3, 0.4) is 0 Å². The zero-order valence-corrected chi connectivity index (χ0v) is 37.5. The van der Waals surface area contributed by atoms with Crippen LogP contribution in [0.2, 0.25) is 0 Å². The summed E-state index contributed by atoms with van der Waals surface area (Å²) in [5.74, 6) is -1.58. The number of likely N-dealkylation sites (N-methyl/N-ethyl adjacent to an activating group) is 2. The second kappa shape index (κ2) is 24.2. The summed E-state index contributed by atoms with van der Waals surface area (Å²) < 4.78 is 12.1. The van der Waals surface area contributed by atoms with Crippen molar-refractivity contribution in [2.75, 3.05) is 41.4 Å². The topological polar surface area (TPSA) is 134 Å². The van der Waals surface area contributed by atoms with Crippen molar-refractivity contribution in [3.8, 4) is 0 Å². The molecule has 11 heteroatoms. The zero-order chi connectivity index (χ0) is 43.1. The first kappa shape index (κ1) is 50.2. The third-order valence-electron chi connectivity index (χ3n) is 12.6. The van der Waals surface area contributed by atoms with E-state index in [-0.39, 0.29) is 84.2 Å². The minimum atomic E-state index is -0.772. The van der Waals surface area contributed by atoms with Crippen LogP contribution >= 0.6 is 0 Å². The molecule has 1 aromatic rings. The number of carbonyl (C=O) groups excluding carboxylic acids is 5. The van der Waals surface area contributed by atoms with Crippen LogP contribution in [0.25, 0.3) is 0 Å². The molecule has 11 nitrogen and oxygen atoms in total. The maximum Gasteiger partial charge on any atom is 0.226 e. The van der Waals surface area contributed by atoms with Gasteiger partial charge in [-0.2, -0.15) is 0 Å². The number of hydrogen-bond acceptors (Lipinski definition) is 9. The number of aliphatic hydroxyl groups is 1. The van der Waals surface area contributed by atoms with E-state index in [0.717, 1.165) is 18.4 Å². The van der Waals surface area contributed by atoms with E-state index in [4.69, 9.17) is 9.47 Å². The number of benzene rings is 1. The van der Waals surface area contributed by atoms with E-state index in [0.29, 0.717) is 32.4 Å². The van der Waals surface area contributed by atoms with E-state index in [1.165, 1.54) is 0 Å². The molecule has 2 amide bonds. The van der Waals surface area contributed by atoms with Crippen molar-refractivity contribution in [2.24, 2.45) is 35.5 Å². The van der Waals surface area contributed by atoms with Crippen LogP contribution in [0.1, 0.15) is 125 Å². The van der Waals surface area contributed by atoms with Gasteiger partial charge in [-0.3, -0.25) is 24.1 Å². The van der Waals surface area contributed by atoms with Crippen molar-refractivity contribution in [3.05, 3.63) is 35.9 Å². The Balaban J connectivity index is 2.25. The molecule has 1 aromatic carbocycles. The first-order chi connectivity index (χ1) is 26.8. The summed E-state index contributed by atoms with van der Waals surface area (Å²) in [7, 11) is 6.85. The number of amides is 2. The number of ether oxygens (including phenoxy) is 2. The van der Waals surface area contributed by atoms with Gasteiger partial charge in [0.15, 0.2) is 5.78 Å². The Morgan fingerprint density at radius 3 is 2.02 bits per heavy atom. The number of Topliss-reactive ketones (excluding diaryl/α,β-unsaturated/α-hetero) is 3. The Kier molecular flexibility index (Phi) is 21.3. The number of ketones is 3. The summed E-state index contributed by atoms with van der Waals surface area (Å²) in [6.07, 6.45) is 1.78. The molecule has 0 unspecified atom stereocenters. The van der Waals surface area contributed by atoms with Crippen LogP contribution in [0, 0.1) is 35.5 Å². The summed E-state index contributed by atoms with van der Waals surface area (Å²) in [5, 5.41) is 10.9. The van der Waals surface area contributed by atoms with Gasteiger partial charge >= 0.3 is 0 Å². The molecule has 0 aliphatic carbocycles. The second-order valence-electron chi connectivity index (χ2n) is 17.6. The Bertz CT molecular complexity index is 1420. The summed E-state index contributed by atoms with van der Waals surface area (Å²) in [6.45, 7) is 18.5. The molecule has 1 saturated heterocycles.